The van der Waals surface area contributed by atoms with Crippen LogP contribution >= 0.6 is 0 Å². The van der Waals surface area contributed by atoms with Crippen LogP contribution in [0.5, 0.6) is 5.88 Å². The molecule has 1 aliphatic carbocycles. The van der Waals surface area contributed by atoms with E-state index in [0.717, 1.165) is 15.6 Å². The molecule has 0 saturated carbocycles. The number of aryl methyl sites for hydroxylation is 1. The van der Waals surface area contributed by atoms with Crippen molar-refractivity contribution in [1.29, 1.82) is 0 Å². The van der Waals surface area contributed by atoms with Crippen LogP contribution in [-0.2, 0) is 20.0 Å². The molecule has 2 amide bonds. The second-order valence-corrected chi connectivity index (χ2v) is 9.76. The van der Waals surface area contributed by atoms with Crippen LogP contribution in [0.2, 0.25) is 0 Å². The summed E-state index contributed by atoms with van der Waals surface area (Å²) in [5, 5.41) is 32.6. The molecule has 5 aromatic rings. The SMILES string of the molecule is Cc1c(C(=O)O)ccc2c1CC[C@@H]2NC(=O)c1cc(C(=O)NCc2ccc3oc(=O)n(C)c3c2)nc2c(O)nnn12. The lowest BCUT2D eigenvalue weighted by molar-refractivity contribution is 0.0695. The molecule has 1 atom stereocenters. The lowest BCUT2D eigenvalue weighted by Gasteiger charge is -2.16. The van der Waals surface area contributed by atoms with Gasteiger partial charge in [0.1, 0.15) is 11.4 Å². The van der Waals surface area contributed by atoms with Crippen LogP contribution in [0.1, 0.15) is 66.1 Å². The first-order chi connectivity index (χ1) is 19.6. The lowest BCUT2D eigenvalue weighted by Crippen LogP contribution is -2.30. The fourth-order valence-electron chi connectivity index (χ4n) is 5.19. The van der Waals surface area contributed by atoms with Crippen LogP contribution in [0.25, 0.3) is 16.7 Å². The van der Waals surface area contributed by atoms with E-state index in [1.165, 1.54) is 16.7 Å². The van der Waals surface area contributed by atoms with Crippen molar-refractivity contribution in [3.8, 4) is 5.88 Å². The number of carbonyl (C=O) groups is 3. The predicted molar refractivity (Wildman–Crippen MR) is 142 cm³/mol. The van der Waals surface area contributed by atoms with E-state index in [1.54, 1.807) is 38.2 Å². The third kappa shape index (κ3) is 4.34. The molecule has 41 heavy (non-hydrogen) atoms. The first kappa shape index (κ1) is 25.7. The number of nitrogens with zero attached hydrogens (tertiary/aromatic N) is 5. The average molecular weight is 558 g/mol. The number of amides is 2. The zero-order valence-corrected chi connectivity index (χ0v) is 21.8. The molecule has 3 aromatic heterocycles. The number of aromatic carboxylic acids is 1. The number of carboxylic acid groups (broad SMARTS) is 1. The van der Waals surface area contributed by atoms with Gasteiger partial charge in [-0.25, -0.2) is 14.6 Å². The topological polar surface area (TPSA) is 194 Å². The fraction of sp³-hybridized carbons (Fsp3) is 0.222. The van der Waals surface area contributed by atoms with Crippen molar-refractivity contribution in [1.82, 2.24) is 35.0 Å². The maximum atomic E-state index is 13.4. The van der Waals surface area contributed by atoms with Crippen molar-refractivity contribution in [2.45, 2.75) is 32.4 Å². The quantitative estimate of drug-likeness (QED) is 0.238. The first-order valence-corrected chi connectivity index (χ1v) is 12.6. The molecule has 0 unspecified atom stereocenters. The van der Waals surface area contributed by atoms with Crippen LogP contribution in [0, 0.1) is 6.92 Å². The van der Waals surface area contributed by atoms with Crippen LogP contribution in [-0.4, -0.2) is 52.4 Å². The van der Waals surface area contributed by atoms with Crippen molar-refractivity contribution in [3.05, 3.63) is 86.2 Å². The highest BCUT2D eigenvalue weighted by Gasteiger charge is 2.29. The van der Waals surface area contributed by atoms with Gasteiger partial charge in [0, 0.05) is 19.7 Å². The third-order valence-corrected chi connectivity index (χ3v) is 7.36. The molecule has 0 aliphatic heterocycles. The molecule has 4 N–H and O–H groups in total. The van der Waals surface area contributed by atoms with E-state index in [9.17, 15) is 29.4 Å². The number of fused-ring (bicyclic) bond motifs is 3. The Labute approximate surface area is 230 Å². The van der Waals surface area contributed by atoms with E-state index in [-0.39, 0.29) is 29.1 Å². The molecule has 0 radical (unpaired) electrons. The number of aromatic hydroxyl groups is 1. The van der Waals surface area contributed by atoms with Crippen molar-refractivity contribution in [2.24, 2.45) is 7.05 Å². The molecule has 208 valence electrons. The summed E-state index contributed by atoms with van der Waals surface area (Å²) in [6.45, 7) is 1.83. The summed E-state index contributed by atoms with van der Waals surface area (Å²) in [5.41, 5.74) is 3.85. The Morgan fingerprint density at radius 3 is 2.73 bits per heavy atom. The lowest BCUT2D eigenvalue weighted by atomic mass is 9.98. The standard InChI is InChI=1S/C27H23N7O7/c1-12-14-6-7-17(16(14)5-4-15(12)26(38)39)30-24(36)20-10-18(29-22-25(37)31-32-34(20)22)23(35)28-11-13-3-8-21-19(9-13)33(2)27(40)41-21/h3-5,8-10,17,37H,6-7,11H2,1-2H3,(H,28,35)(H,30,36)(H,38,39)/t17-/m0/s1. The molecule has 0 saturated heterocycles. The number of hydrogen-bond donors (Lipinski definition) is 4. The van der Waals surface area contributed by atoms with Gasteiger partial charge in [0.2, 0.25) is 5.65 Å². The van der Waals surface area contributed by atoms with Crippen LogP contribution in [0.15, 0.2) is 45.6 Å². The van der Waals surface area contributed by atoms with Crippen molar-refractivity contribution >= 4 is 34.5 Å². The monoisotopic (exact) mass is 557 g/mol. The van der Waals surface area contributed by atoms with Gasteiger partial charge in [0.15, 0.2) is 5.58 Å². The van der Waals surface area contributed by atoms with Gasteiger partial charge in [-0.3, -0.25) is 14.2 Å². The molecule has 2 aromatic carbocycles. The van der Waals surface area contributed by atoms with Gasteiger partial charge >= 0.3 is 11.7 Å². The molecular weight excluding hydrogens is 534 g/mol. The summed E-state index contributed by atoms with van der Waals surface area (Å²) >= 11 is 0. The van der Waals surface area contributed by atoms with Crippen LogP contribution < -0.4 is 16.4 Å². The molecule has 14 heteroatoms. The summed E-state index contributed by atoms with van der Waals surface area (Å²) < 4.78 is 7.52. The zero-order valence-electron chi connectivity index (χ0n) is 21.8. The molecule has 0 spiro atoms. The summed E-state index contributed by atoms with van der Waals surface area (Å²) in [7, 11) is 1.58. The van der Waals surface area contributed by atoms with Gasteiger partial charge in [-0.15, -0.1) is 0 Å². The highest BCUT2D eigenvalue weighted by atomic mass is 16.4. The second-order valence-electron chi connectivity index (χ2n) is 9.76. The highest BCUT2D eigenvalue weighted by Crippen LogP contribution is 2.35. The minimum atomic E-state index is -1.01. The van der Waals surface area contributed by atoms with Crippen molar-refractivity contribution in [2.75, 3.05) is 0 Å². The molecule has 0 bridgehead atoms. The number of hydrogen-bond acceptors (Lipinski definition) is 9. The zero-order chi connectivity index (χ0) is 29.0. The maximum absolute atomic E-state index is 13.4. The van der Waals surface area contributed by atoms with E-state index in [4.69, 9.17) is 4.42 Å². The Balaban J connectivity index is 1.26. The Kier molecular flexibility index (Phi) is 6.02. The fourth-order valence-corrected chi connectivity index (χ4v) is 5.19. The van der Waals surface area contributed by atoms with E-state index in [1.807, 2.05) is 0 Å². The van der Waals surface area contributed by atoms with Gasteiger partial charge in [0.25, 0.3) is 17.7 Å². The molecule has 3 heterocycles. The summed E-state index contributed by atoms with van der Waals surface area (Å²) in [4.78, 5) is 53.9. The van der Waals surface area contributed by atoms with Crippen LogP contribution in [0.3, 0.4) is 0 Å². The smallest absolute Gasteiger partial charge is 0.419 e. The molecule has 6 rings (SSSR count). The van der Waals surface area contributed by atoms with Crippen LogP contribution in [0.4, 0.5) is 0 Å². The second kappa shape index (κ2) is 9.59. The number of oxazole rings is 1. The number of nitrogens with one attached hydrogen (secondary N) is 2. The van der Waals surface area contributed by atoms with Crippen molar-refractivity contribution < 1.29 is 29.0 Å². The normalized spacial score (nSPS) is 14.3. The van der Waals surface area contributed by atoms with E-state index in [2.05, 4.69) is 25.9 Å². The minimum Gasteiger partial charge on any atom is -0.489 e. The van der Waals surface area contributed by atoms with Gasteiger partial charge in [-0.1, -0.05) is 22.4 Å². The van der Waals surface area contributed by atoms with Gasteiger partial charge in [0.05, 0.1) is 17.1 Å². The molecular formula is C27H23N7O7. The summed E-state index contributed by atoms with van der Waals surface area (Å²) in [5.74, 6) is -3.27. The third-order valence-electron chi connectivity index (χ3n) is 7.36. The van der Waals surface area contributed by atoms with Gasteiger partial charge in [-0.2, -0.15) is 4.52 Å². The number of rotatable bonds is 6. The number of aromatic nitrogens is 5. The minimum absolute atomic E-state index is 0.0740. The van der Waals surface area contributed by atoms with Gasteiger partial charge in [-0.05, 0) is 60.2 Å². The van der Waals surface area contributed by atoms with Crippen molar-refractivity contribution in [3.63, 3.8) is 0 Å². The Hall–Kier alpha value is -5.53. The van der Waals surface area contributed by atoms with E-state index < -0.39 is 35.5 Å². The Morgan fingerprint density at radius 2 is 1.95 bits per heavy atom. The summed E-state index contributed by atoms with van der Waals surface area (Å²) in [6.07, 6.45) is 1.15. The molecule has 1 aliphatic rings. The maximum Gasteiger partial charge on any atom is 0.419 e. The molecule has 14 nitrogen and oxygen atoms in total. The predicted octanol–water partition coefficient (Wildman–Crippen LogP) is 1.63. The first-order valence-electron chi connectivity index (χ1n) is 12.6. The average Bonchev–Trinajstić information content (AvgIpc) is 3.62. The summed E-state index contributed by atoms with van der Waals surface area (Å²) in [6, 6.07) is 9.12. The Morgan fingerprint density at radius 1 is 1.15 bits per heavy atom. The highest BCUT2D eigenvalue weighted by molar-refractivity contribution is 5.98. The number of benzene rings is 2. The van der Waals surface area contributed by atoms with E-state index in [0.29, 0.717) is 35.1 Å². The largest absolute Gasteiger partial charge is 0.489 e. The van der Waals surface area contributed by atoms with Gasteiger partial charge < -0.3 is 25.3 Å². The number of carbonyl (C=O) groups excluding carboxylic acids is 2. The molecule has 0 fully saturated rings. The Bertz CT molecular complexity index is 1970. The van der Waals surface area contributed by atoms with E-state index >= 15 is 0 Å². The number of carboxylic acids is 1.